The summed E-state index contributed by atoms with van der Waals surface area (Å²) >= 11 is 0. The minimum atomic E-state index is -0.678. The van der Waals surface area contributed by atoms with Crippen LogP contribution in [0.2, 0.25) is 0 Å². The summed E-state index contributed by atoms with van der Waals surface area (Å²) in [6.45, 7) is 4.99. The van der Waals surface area contributed by atoms with Crippen LogP contribution in [0.15, 0.2) is 33.7 Å². The van der Waals surface area contributed by atoms with Crippen LogP contribution in [0.3, 0.4) is 0 Å². The number of ether oxygens (including phenoxy) is 2. The number of furan rings is 1. The fourth-order valence-corrected chi connectivity index (χ4v) is 3.93. The van der Waals surface area contributed by atoms with Gasteiger partial charge in [0.15, 0.2) is 5.78 Å². The molecule has 0 spiro atoms. The summed E-state index contributed by atoms with van der Waals surface area (Å²) in [6, 6.07) is 7.29. The first-order valence-corrected chi connectivity index (χ1v) is 9.67. The average molecular weight is 381 g/mol. The minimum absolute atomic E-state index is 0.0921. The van der Waals surface area contributed by atoms with Crippen LogP contribution < -0.4 is 0 Å². The molecule has 2 aromatic rings. The van der Waals surface area contributed by atoms with Gasteiger partial charge in [-0.25, -0.2) is 4.79 Å². The first-order chi connectivity index (χ1) is 13.6. The summed E-state index contributed by atoms with van der Waals surface area (Å²) in [5.74, 6) is -0.252. The molecule has 0 saturated carbocycles. The molecule has 0 N–H and O–H groups in total. The van der Waals surface area contributed by atoms with E-state index in [-0.39, 0.29) is 18.5 Å². The molecule has 1 aliphatic carbocycles. The van der Waals surface area contributed by atoms with Gasteiger partial charge in [0.2, 0.25) is 0 Å². The predicted octanol–water partition coefficient (Wildman–Crippen LogP) is 3.96. The third kappa shape index (κ3) is 3.18. The number of Topliss-reactive ketones (excluding diaryl/α,β-unsaturated/α-hetero) is 1. The zero-order chi connectivity index (χ0) is 19.7. The van der Waals surface area contributed by atoms with Gasteiger partial charge in [0.05, 0.1) is 25.2 Å². The third-order valence-corrected chi connectivity index (χ3v) is 5.22. The molecular weight excluding hydrogens is 358 g/mol. The summed E-state index contributed by atoms with van der Waals surface area (Å²) in [6.07, 6.45) is 3.74. The molecule has 0 bridgehead atoms. The standard InChI is InChI=1S/C22H23NO5/c1-3-26-22(25)18-13(2)28-21-16-9-5-4-8-15(16)20(24)17(19(18)21)12-23-11-14-7-6-10-27-14/h4-5,8-9,12,14,17H,3,6-7,10-11H2,1-2H3/t14-,17+/m1/s1. The van der Waals surface area contributed by atoms with Gasteiger partial charge < -0.3 is 13.9 Å². The maximum Gasteiger partial charge on any atom is 0.342 e. The SMILES string of the molecule is CCOC(=O)c1c(C)oc2c1[C@H](C=NC[C@H]1CCCO1)C(=O)c1ccccc1-2. The van der Waals surface area contributed by atoms with Crippen LogP contribution in [-0.2, 0) is 9.47 Å². The number of benzene rings is 1. The van der Waals surface area contributed by atoms with Gasteiger partial charge in [0.25, 0.3) is 0 Å². The number of ketones is 1. The van der Waals surface area contributed by atoms with Crippen LogP contribution >= 0.6 is 0 Å². The molecule has 6 nitrogen and oxygen atoms in total. The summed E-state index contributed by atoms with van der Waals surface area (Å²) in [5, 5.41) is 0. The zero-order valence-electron chi connectivity index (χ0n) is 16.1. The number of esters is 1. The molecule has 6 heteroatoms. The van der Waals surface area contributed by atoms with E-state index in [1.54, 1.807) is 26.1 Å². The van der Waals surface area contributed by atoms with Crippen molar-refractivity contribution in [1.82, 2.24) is 0 Å². The summed E-state index contributed by atoms with van der Waals surface area (Å²) in [4.78, 5) is 30.3. The lowest BCUT2D eigenvalue weighted by molar-refractivity contribution is 0.0523. The van der Waals surface area contributed by atoms with E-state index in [1.807, 2.05) is 18.2 Å². The lowest BCUT2D eigenvalue weighted by Gasteiger charge is -2.21. The number of aryl methyl sites for hydroxylation is 1. The smallest absolute Gasteiger partial charge is 0.342 e. The molecule has 1 aliphatic heterocycles. The van der Waals surface area contributed by atoms with Crippen LogP contribution in [0, 0.1) is 6.92 Å². The van der Waals surface area contributed by atoms with E-state index in [2.05, 4.69) is 4.99 Å². The Morgan fingerprint density at radius 1 is 1.32 bits per heavy atom. The molecule has 2 heterocycles. The second kappa shape index (κ2) is 7.72. The largest absolute Gasteiger partial charge is 0.462 e. The van der Waals surface area contributed by atoms with E-state index >= 15 is 0 Å². The Balaban J connectivity index is 1.78. The first-order valence-electron chi connectivity index (χ1n) is 9.67. The number of hydrogen-bond donors (Lipinski definition) is 0. The second-order valence-electron chi connectivity index (χ2n) is 7.03. The van der Waals surface area contributed by atoms with E-state index in [0.29, 0.717) is 40.3 Å². The summed E-state index contributed by atoms with van der Waals surface area (Å²) < 4.78 is 16.8. The van der Waals surface area contributed by atoms with Gasteiger partial charge in [-0.15, -0.1) is 0 Å². The predicted molar refractivity (Wildman–Crippen MR) is 104 cm³/mol. The molecule has 4 rings (SSSR count). The lowest BCUT2D eigenvalue weighted by Crippen LogP contribution is -2.23. The zero-order valence-corrected chi connectivity index (χ0v) is 16.1. The van der Waals surface area contributed by atoms with Crippen molar-refractivity contribution >= 4 is 18.0 Å². The van der Waals surface area contributed by atoms with Crippen molar-refractivity contribution in [2.24, 2.45) is 4.99 Å². The second-order valence-corrected chi connectivity index (χ2v) is 7.03. The van der Waals surface area contributed by atoms with Gasteiger partial charge in [-0.05, 0) is 26.7 Å². The molecule has 1 aromatic heterocycles. The average Bonchev–Trinajstić information content (AvgIpc) is 3.32. The highest BCUT2D eigenvalue weighted by atomic mass is 16.5. The van der Waals surface area contributed by atoms with Crippen LogP contribution in [0.5, 0.6) is 0 Å². The molecule has 0 unspecified atom stereocenters. The molecule has 1 fully saturated rings. The molecule has 0 radical (unpaired) electrons. The Hall–Kier alpha value is -2.73. The van der Waals surface area contributed by atoms with Crippen molar-refractivity contribution in [1.29, 1.82) is 0 Å². The van der Waals surface area contributed by atoms with Crippen LogP contribution in [0.1, 0.15) is 57.7 Å². The number of hydrogen-bond acceptors (Lipinski definition) is 6. The number of fused-ring (bicyclic) bond motifs is 3. The van der Waals surface area contributed by atoms with Crippen molar-refractivity contribution in [2.45, 2.75) is 38.7 Å². The molecule has 1 aromatic carbocycles. The van der Waals surface area contributed by atoms with Crippen molar-refractivity contribution in [2.75, 3.05) is 19.8 Å². The quantitative estimate of drug-likeness (QED) is 0.579. The van der Waals surface area contributed by atoms with Crippen LogP contribution in [0.4, 0.5) is 0 Å². The van der Waals surface area contributed by atoms with E-state index < -0.39 is 11.9 Å². The fraction of sp³-hybridized carbons (Fsp3) is 0.409. The monoisotopic (exact) mass is 381 g/mol. The van der Waals surface area contributed by atoms with Gasteiger partial charge in [-0.2, -0.15) is 0 Å². The van der Waals surface area contributed by atoms with E-state index in [4.69, 9.17) is 13.9 Å². The third-order valence-electron chi connectivity index (χ3n) is 5.22. The van der Waals surface area contributed by atoms with Crippen molar-refractivity contribution < 1.29 is 23.5 Å². The van der Waals surface area contributed by atoms with E-state index in [0.717, 1.165) is 19.4 Å². The number of aliphatic imine (C=N–C) groups is 1. The summed E-state index contributed by atoms with van der Waals surface area (Å²) in [7, 11) is 0. The van der Waals surface area contributed by atoms with Gasteiger partial charge in [0, 0.05) is 29.5 Å². The van der Waals surface area contributed by atoms with Gasteiger partial charge in [-0.3, -0.25) is 9.79 Å². The fourth-order valence-electron chi connectivity index (χ4n) is 3.93. The highest BCUT2D eigenvalue weighted by molar-refractivity contribution is 6.18. The highest BCUT2D eigenvalue weighted by Crippen LogP contribution is 2.43. The van der Waals surface area contributed by atoms with Crippen molar-refractivity contribution in [3.8, 4) is 11.3 Å². The topological polar surface area (TPSA) is 78.1 Å². The van der Waals surface area contributed by atoms with E-state index in [9.17, 15) is 9.59 Å². The Bertz CT molecular complexity index is 936. The van der Waals surface area contributed by atoms with Crippen molar-refractivity contribution in [3.05, 3.63) is 46.7 Å². The number of nitrogens with zero attached hydrogens (tertiary/aromatic N) is 1. The molecule has 28 heavy (non-hydrogen) atoms. The molecule has 146 valence electrons. The lowest BCUT2D eigenvalue weighted by atomic mass is 9.80. The molecule has 2 aliphatic rings. The number of carbonyl (C=O) groups excluding carboxylic acids is 2. The minimum Gasteiger partial charge on any atom is -0.462 e. The normalized spacial score (nSPS) is 21.0. The van der Waals surface area contributed by atoms with Gasteiger partial charge >= 0.3 is 5.97 Å². The number of rotatable bonds is 5. The maximum absolute atomic E-state index is 13.2. The Morgan fingerprint density at radius 2 is 2.11 bits per heavy atom. The Kier molecular flexibility index (Phi) is 5.13. The Morgan fingerprint density at radius 3 is 2.82 bits per heavy atom. The van der Waals surface area contributed by atoms with Gasteiger partial charge in [-0.1, -0.05) is 24.3 Å². The molecule has 1 saturated heterocycles. The van der Waals surface area contributed by atoms with Gasteiger partial charge in [0.1, 0.15) is 17.1 Å². The molecule has 2 atom stereocenters. The van der Waals surface area contributed by atoms with E-state index in [1.165, 1.54) is 0 Å². The van der Waals surface area contributed by atoms with Crippen LogP contribution in [0.25, 0.3) is 11.3 Å². The van der Waals surface area contributed by atoms with Crippen molar-refractivity contribution in [3.63, 3.8) is 0 Å². The molecule has 0 amide bonds. The molecular formula is C22H23NO5. The highest BCUT2D eigenvalue weighted by Gasteiger charge is 2.39. The number of carbonyl (C=O) groups is 2. The maximum atomic E-state index is 13.2. The summed E-state index contributed by atoms with van der Waals surface area (Å²) in [5.41, 5.74) is 2.15. The first kappa shape index (κ1) is 18.6. The van der Waals surface area contributed by atoms with Crippen LogP contribution in [-0.4, -0.2) is 43.8 Å². The Labute approximate surface area is 163 Å².